The van der Waals surface area contributed by atoms with E-state index in [4.69, 9.17) is 22.6 Å². The first-order valence-electron chi connectivity index (χ1n) is 5.68. The molecule has 0 unspecified atom stereocenters. The molecule has 0 radical (unpaired) electrons. The number of halogens is 1. The van der Waals surface area contributed by atoms with Crippen molar-refractivity contribution in [3.63, 3.8) is 0 Å². The highest BCUT2D eigenvalue weighted by molar-refractivity contribution is 6.30. The third-order valence-electron chi connectivity index (χ3n) is 2.68. The Morgan fingerprint density at radius 1 is 1.42 bits per heavy atom. The Morgan fingerprint density at radius 2 is 2.00 bits per heavy atom. The number of carbonyl (C=O) groups excluding carboxylic acids is 2. The fourth-order valence-corrected chi connectivity index (χ4v) is 1.71. The van der Waals surface area contributed by atoms with Gasteiger partial charge >= 0.3 is 0 Å². The highest BCUT2D eigenvalue weighted by atomic mass is 35.5. The van der Waals surface area contributed by atoms with Crippen LogP contribution in [0.25, 0.3) is 0 Å². The molecule has 1 aromatic carbocycles. The number of nitrogens with one attached hydrogen (secondary N) is 1. The summed E-state index contributed by atoms with van der Waals surface area (Å²) in [4.78, 5) is 23.2. The van der Waals surface area contributed by atoms with Crippen LogP contribution in [0.2, 0.25) is 5.02 Å². The van der Waals surface area contributed by atoms with Crippen LogP contribution < -0.4 is 11.1 Å². The second kappa shape index (κ2) is 6.76. The topological polar surface area (TPSA) is 96.0 Å². The highest BCUT2D eigenvalue weighted by Crippen LogP contribution is 2.11. The smallest absolute Gasteiger partial charge is 0.251 e. The molecule has 0 heterocycles. The summed E-state index contributed by atoms with van der Waals surface area (Å²) in [6.45, 7) is 1.68. The van der Waals surface area contributed by atoms with Gasteiger partial charge in [0.15, 0.2) is 0 Å². The van der Waals surface area contributed by atoms with E-state index in [1.165, 1.54) is 0 Å². The number of hydrogen-bond donors (Lipinski definition) is 2. The second-order valence-electron chi connectivity index (χ2n) is 4.20. The number of nitrogens with two attached hydrogens (primary N) is 1. The molecule has 6 heteroatoms. The third kappa shape index (κ3) is 4.27. The van der Waals surface area contributed by atoms with Gasteiger partial charge in [0.2, 0.25) is 5.91 Å². The van der Waals surface area contributed by atoms with Crippen molar-refractivity contribution in [1.82, 2.24) is 5.32 Å². The first-order chi connectivity index (χ1) is 8.95. The molecule has 19 heavy (non-hydrogen) atoms. The predicted octanol–water partition coefficient (Wildman–Crippen LogP) is 1.47. The van der Waals surface area contributed by atoms with E-state index in [0.717, 1.165) is 0 Å². The molecule has 3 N–H and O–H groups in total. The van der Waals surface area contributed by atoms with Crippen molar-refractivity contribution >= 4 is 23.4 Å². The fraction of sp³-hybridized carbons (Fsp3) is 0.308. The number of nitrogens with zero attached hydrogens (tertiary/aromatic N) is 1. The highest BCUT2D eigenvalue weighted by Gasteiger charge is 2.25. The van der Waals surface area contributed by atoms with Crippen molar-refractivity contribution in [2.45, 2.75) is 19.4 Å². The van der Waals surface area contributed by atoms with Gasteiger partial charge in [-0.25, -0.2) is 0 Å². The molecule has 0 bridgehead atoms. The van der Waals surface area contributed by atoms with Crippen LogP contribution in [0, 0.1) is 17.2 Å². The monoisotopic (exact) mass is 279 g/mol. The minimum absolute atomic E-state index is 0.133. The molecule has 1 aromatic rings. The van der Waals surface area contributed by atoms with Crippen LogP contribution in [0.3, 0.4) is 0 Å². The summed E-state index contributed by atoms with van der Waals surface area (Å²) >= 11 is 5.72. The Balaban J connectivity index is 2.80. The van der Waals surface area contributed by atoms with Gasteiger partial charge in [0.05, 0.1) is 6.07 Å². The first-order valence-corrected chi connectivity index (χ1v) is 6.06. The SMILES string of the molecule is C[C@@H](CC#N)[C@@H](NC(=O)c1ccc(Cl)cc1)C(N)=O. The maximum Gasteiger partial charge on any atom is 0.251 e. The lowest BCUT2D eigenvalue weighted by Gasteiger charge is -2.20. The predicted molar refractivity (Wildman–Crippen MR) is 71.3 cm³/mol. The maximum absolute atomic E-state index is 11.9. The molecule has 0 saturated carbocycles. The van der Waals surface area contributed by atoms with Crippen molar-refractivity contribution in [1.29, 1.82) is 5.26 Å². The lowest BCUT2D eigenvalue weighted by Crippen LogP contribution is -2.48. The minimum atomic E-state index is -0.872. The first kappa shape index (κ1) is 15.0. The van der Waals surface area contributed by atoms with Gasteiger partial charge in [0.25, 0.3) is 5.91 Å². The maximum atomic E-state index is 11.9. The third-order valence-corrected chi connectivity index (χ3v) is 2.93. The minimum Gasteiger partial charge on any atom is -0.368 e. The molecule has 0 aliphatic heterocycles. The van der Waals surface area contributed by atoms with Gasteiger partial charge in [-0.05, 0) is 30.2 Å². The standard InChI is InChI=1S/C13H14ClN3O2/c1-8(6-7-15)11(12(16)18)17-13(19)9-2-4-10(14)5-3-9/h2-5,8,11H,6H2,1H3,(H2,16,18)(H,17,19)/t8-,11+/m0/s1. The second-order valence-corrected chi connectivity index (χ2v) is 4.64. The molecule has 2 amide bonds. The van der Waals surface area contributed by atoms with Crippen molar-refractivity contribution in [2.75, 3.05) is 0 Å². The zero-order chi connectivity index (χ0) is 14.4. The number of rotatable bonds is 5. The van der Waals surface area contributed by atoms with Crippen LogP contribution in [-0.4, -0.2) is 17.9 Å². The quantitative estimate of drug-likeness (QED) is 0.854. The summed E-state index contributed by atoms with van der Waals surface area (Å²) in [6, 6.07) is 7.32. The average Bonchev–Trinajstić information content (AvgIpc) is 2.36. The molecule has 0 saturated heterocycles. The number of carbonyl (C=O) groups is 2. The summed E-state index contributed by atoms with van der Waals surface area (Å²) in [5, 5.41) is 11.7. The van der Waals surface area contributed by atoms with E-state index < -0.39 is 17.9 Å². The van der Waals surface area contributed by atoms with Crippen LogP contribution in [0.15, 0.2) is 24.3 Å². The number of nitriles is 1. The zero-order valence-corrected chi connectivity index (χ0v) is 11.1. The Kier molecular flexibility index (Phi) is 5.34. The molecule has 0 aliphatic rings. The number of hydrogen-bond acceptors (Lipinski definition) is 3. The molecule has 2 atom stereocenters. The van der Waals surface area contributed by atoms with Crippen molar-refractivity contribution in [3.05, 3.63) is 34.9 Å². The Hall–Kier alpha value is -2.06. The number of primary amides is 1. The van der Waals surface area contributed by atoms with Gasteiger partial charge in [-0.1, -0.05) is 18.5 Å². The Bertz CT molecular complexity index is 508. The summed E-state index contributed by atoms with van der Waals surface area (Å²) in [7, 11) is 0. The van der Waals surface area contributed by atoms with Gasteiger partial charge in [-0.2, -0.15) is 5.26 Å². The van der Waals surface area contributed by atoms with E-state index >= 15 is 0 Å². The molecule has 0 aliphatic carbocycles. The van der Waals surface area contributed by atoms with Crippen LogP contribution >= 0.6 is 11.6 Å². The van der Waals surface area contributed by atoms with Crippen LogP contribution in [-0.2, 0) is 4.79 Å². The van der Waals surface area contributed by atoms with Crippen molar-refractivity contribution in [2.24, 2.45) is 11.7 Å². The number of amides is 2. The van der Waals surface area contributed by atoms with E-state index in [9.17, 15) is 9.59 Å². The van der Waals surface area contributed by atoms with Crippen LogP contribution in [0.4, 0.5) is 0 Å². The summed E-state index contributed by atoms with van der Waals surface area (Å²) in [5.41, 5.74) is 5.61. The van der Waals surface area contributed by atoms with Crippen molar-refractivity contribution < 1.29 is 9.59 Å². The van der Waals surface area contributed by atoms with E-state index in [1.54, 1.807) is 31.2 Å². The summed E-state index contributed by atoms with van der Waals surface area (Å²) < 4.78 is 0. The van der Waals surface area contributed by atoms with Gasteiger partial charge < -0.3 is 11.1 Å². The van der Waals surface area contributed by atoms with Crippen LogP contribution in [0.5, 0.6) is 0 Å². The normalized spacial score (nSPS) is 13.1. The molecule has 0 spiro atoms. The molecule has 100 valence electrons. The molecule has 0 aromatic heterocycles. The van der Waals surface area contributed by atoms with Crippen LogP contribution in [0.1, 0.15) is 23.7 Å². The largest absolute Gasteiger partial charge is 0.368 e. The fourth-order valence-electron chi connectivity index (χ4n) is 1.58. The molecule has 5 nitrogen and oxygen atoms in total. The summed E-state index contributed by atoms with van der Waals surface area (Å²) in [6.07, 6.45) is 0.133. The Morgan fingerprint density at radius 3 is 2.47 bits per heavy atom. The molecular weight excluding hydrogens is 266 g/mol. The zero-order valence-electron chi connectivity index (χ0n) is 10.4. The molecule has 0 fully saturated rings. The number of benzene rings is 1. The molecule has 1 rings (SSSR count). The van der Waals surface area contributed by atoms with E-state index in [0.29, 0.717) is 10.6 Å². The summed E-state index contributed by atoms with van der Waals surface area (Å²) in [5.74, 6) is -1.44. The van der Waals surface area contributed by atoms with Gasteiger partial charge in [0, 0.05) is 17.0 Å². The van der Waals surface area contributed by atoms with E-state index in [1.807, 2.05) is 6.07 Å². The van der Waals surface area contributed by atoms with Gasteiger partial charge in [-0.15, -0.1) is 0 Å². The lowest BCUT2D eigenvalue weighted by molar-refractivity contribution is -0.120. The lowest BCUT2D eigenvalue weighted by atomic mass is 9.98. The Labute approximate surface area is 116 Å². The van der Waals surface area contributed by atoms with Crippen molar-refractivity contribution in [3.8, 4) is 6.07 Å². The van der Waals surface area contributed by atoms with E-state index in [-0.39, 0.29) is 12.3 Å². The van der Waals surface area contributed by atoms with Gasteiger partial charge in [0.1, 0.15) is 6.04 Å². The van der Waals surface area contributed by atoms with E-state index in [2.05, 4.69) is 5.32 Å². The molecular formula is C13H14ClN3O2. The van der Waals surface area contributed by atoms with Gasteiger partial charge in [-0.3, -0.25) is 9.59 Å². The average molecular weight is 280 g/mol.